The van der Waals surface area contributed by atoms with Gasteiger partial charge in [-0.3, -0.25) is 4.79 Å². The number of nitrogens with one attached hydrogen (secondary N) is 1. The first-order valence-corrected chi connectivity index (χ1v) is 7.35. The maximum atomic E-state index is 13.1. The molecule has 0 spiro atoms. The highest BCUT2D eigenvalue weighted by Gasteiger charge is 2.10. The summed E-state index contributed by atoms with van der Waals surface area (Å²) in [5.41, 5.74) is 2.71. The van der Waals surface area contributed by atoms with E-state index in [0.29, 0.717) is 11.3 Å². The molecule has 0 unspecified atom stereocenters. The summed E-state index contributed by atoms with van der Waals surface area (Å²) in [6.07, 6.45) is 1.59. The summed E-state index contributed by atoms with van der Waals surface area (Å²) in [5.74, 6) is -0.566. The van der Waals surface area contributed by atoms with Crippen molar-refractivity contribution in [3.8, 4) is 16.9 Å². The van der Waals surface area contributed by atoms with Gasteiger partial charge >= 0.3 is 0 Å². The second kappa shape index (κ2) is 7.01. The van der Waals surface area contributed by atoms with E-state index in [1.165, 1.54) is 12.1 Å². The smallest absolute Gasteiger partial charge is 0.251 e. The third kappa shape index (κ3) is 3.31. The van der Waals surface area contributed by atoms with Gasteiger partial charge in [-0.1, -0.05) is 5.21 Å². The zero-order chi connectivity index (χ0) is 16.9. The molecule has 0 aliphatic carbocycles. The number of aromatic nitrogens is 3. The van der Waals surface area contributed by atoms with Crippen LogP contribution in [0.1, 0.15) is 10.4 Å². The molecule has 24 heavy (non-hydrogen) atoms. The number of aliphatic hydroxyl groups excluding tert-OH is 1. The fourth-order valence-electron chi connectivity index (χ4n) is 2.27. The fourth-order valence-corrected chi connectivity index (χ4v) is 2.27. The van der Waals surface area contributed by atoms with Crippen LogP contribution < -0.4 is 5.32 Å². The zero-order valence-corrected chi connectivity index (χ0v) is 12.7. The number of aliphatic hydroxyl groups is 1. The van der Waals surface area contributed by atoms with Crippen molar-refractivity contribution < 1.29 is 14.3 Å². The zero-order valence-electron chi connectivity index (χ0n) is 12.7. The number of carbonyl (C=O) groups excluding carboxylic acids is 1. The molecule has 0 atom stereocenters. The van der Waals surface area contributed by atoms with E-state index in [1.54, 1.807) is 47.3 Å². The summed E-state index contributed by atoms with van der Waals surface area (Å²) >= 11 is 0. The van der Waals surface area contributed by atoms with Crippen molar-refractivity contribution in [2.45, 2.75) is 0 Å². The SMILES string of the molecule is O=C(NCCO)c1ccc(-n2nncc2-c2ccc(F)cc2)cc1. The summed E-state index contributed by atoms with van der Waals surface area (Å²) in [5, 5.41) is 19.3. The number of benzene rings is 2. The minimum Gasteiger partial charge on any atom is -0.395 e. The Morgan fingerprint density at radius 1 is 1.12 bits per heavy atom. The number of hydrogen-bond donors (Lipinski definition) is 2. The molecule has 0 bridgehead atoms. The molecule has 3 aromatic rings. The number of hydrogen-bond acceptors (Lipinski definition) is 4. The molecule has 6 nitrogen and oxygen atoms in total. The lowest BCUT2D eigenvalue weighted by Gasteiger charge is -2.08. The van der Waals surface area contributed by atoms with Gasteiger partial charge < -0.3 is 10.4 Å². The summed E-state index contributed by atoms with van der Waals surface area (Å²) in [6.45, 7) is 0.0994. The Bertz CT molecular complexity index is 829. The largest absolute Gasteiger partial charge is 0.395 e. The van der Waals surface area contributed by atoms with Gasteiger partial charge in [0.05, 0.1) is 24.2 Å². The predicted octanol–water partition coefficient (Wildman–Crippen LogP) is 1.80. The van der Waals surface area contributed by atoms with Crippen molar-refractivity contribution in [1.82, 2.24) is 20.3 Å². The first-order valence-electron chi connectivity index (χ1n) is 7.35. The molecule has 0 aliphatic rings. The van der Waals surface area contributed by atoms with Crippen LogP contribution >= 0.6 is 0 Å². The Morgan fingerprint density at radius 2 is 1.83 bits per heavy atom. The first-order chi connectivity index (χ1) is 11.7. The monoisotopic (exact) mass is 326 g/mol. The lowest BCUT2D eigenvalue weighted by atomic mass is 10.1. The highest BCUT2D eigenvalue weighted by Crippen LogP contribution is 2.21. The molecular formula is C17H15FN4O2. The Kier molecular flexibility index (Phi) is 4.62. The molecule has 7 heteroatoms. The van der Waals surface area contributed by atoms with Gasteiger partial charge in [-0.15, -0.1) is 5.10 Å². The van der Waals surface area contributed by atoms with Gasteiger partial charge in [-0.25, -0.2) is 9.07 Å². The van der Waals surface area contributed by atoms with Gasteiger partial charge in [0.25, 0.3) is 5.91 Å². The van der Waals surface area contributed by atoms with Crippen molar-refractivity contribution in [2.75, 3.05) is 13.2 Å². The maximum Gasteiger partial charge on any atom is 0.251 e. The summed E-state index contributed by atoms with van der Waals surface area (Å²) in [7, 11) is 0. The molecule has 0 saturated carbocycles. The third-order valence-corrected chi connectivity index (χ3v) is 3.46. The minimum absolute atomic E-state index is 0.107. The molecule has 2 aromatic carbocycles. The van der Waals surface area contributed by atoms with Crippen molar-refractivity contribution >= 4 is 5.91 Å². The van der Waals surface area contributed by atoms with Crippen LogP contribution in [-0.4, -0.2) is 39.2 Å². The van der Waals surface area contributed by atoms with Crippen molar-refractivity contribution in [3.05, 3.63) is 66.1 Å². The van der Waals surface area contributed by atoms with E-state index in [-0.39, 0.29) is 24.9 Å². The number of halogens is 1. The van der Waals surface area contributed by atoms with Crippen LogP contribution in [0.5, 0.6) is 0 Å². The Hall–Kier alpha value is -3.06. The topological polar surface area (TPSA) is 80.0 Å². The molecule has 1 amide bonds. The quantitative estimate of drug-likeness (QED) is 0.749. The van der Waals surface area contributed by atoms with Crippen LogP contribution in [0.3, 0.4) is 0 Å². The Morgan fingerprint density at radius 3 is 2.50 bits per heavy atom. The van der Waals surface area contributed by atoms with Crippen LogP contribution in [0, 0.1) is 5.82 Å². The van der Waals surface area contributed by atoms with E-state index in [2.05, 4.69) is 15.6 Å². The number of amides is 1. The second-order valence-corrected chi connectivity index (χ2v) is 5.06. The standard InChI is InChI=1S/C17H15FN4O2/c18-14-5-1-12(2-6-14)16-11-20-21-22(16)15-7-3-13(4-8-15)17(24)19-9-10-23/h1-8,11,23H,9-10H2,(H,19,24). The average Bonchev–Trinajstić information content (AvgIpc) is 3.10. The summed E-state index contributed by atoms with van der Waals surface area (Å²) < 4.78 is 14.7. The highest BCUT2D eigenvalue weighted by atomic mass is 19.1. The highest BCUT2D eigenvalue weighted by molar-refractivity contribution is 5.94. The van der Waals surface area contributed by atoms with E-state index in [9.17, 15) is 9.18 Å². The molecule has 0 aliphatic heterocycles. The predicted molar refractivity (Wildman–Crippen MR) is 86.2 cm³/mol. The van der Waals surface area contributed by atoms with Gasteiger partial charge in [0, 0.05) is 17.7 Å². The summed E-state index contributed by atoms with van der Waals surface area (Å²) in [6, 6.07) is 12.9. The first kappa shape index (κ1) is 15.8. The third-order valence-electron chi connectivity index (χ3n) is 3.46. The lowest BCUT2D eigenvalue weighted by molar-refractivity contribution is 0.0945. The van der Waals surface area contributed by atoms with Crippen LogP contribution in [0.4, 0.5) is 4.39 Å². The number of rotatable bonds is 5. The van der Waals surface area contributed by atoms with Gasteiger partial charge in [0.2, 0.25) is 0 Å². The van der Waals surface area contributed by atoms with E-state index in [4.69, 9.17) is 5.11 Å². The van der Waals surface area contributed by atoms with E-state index >= 15 is 0 Å². The molecular weight excluding hydrogens is 311 g/mol. The van der Waals surface area contributed by atoms with Crippen LogP contribution in [0.2, 0.25) is 0 Å². The maximum absolute atomic E-state index is 13.1. The van der Waals surface area contributed by atoms with Crippen molar-refractivity contribution in [1.29, 1.82) is 0 Å². The van der Waals surface area contributed by atoms with Crippen LogP contribution in [0.15, 0.2) is 54.7 Å². The van der Waals surface area contributed by atoms with Gasteiger partial charge in [-0.05, 0) is 48.5 Å². The Labute approximate surface area is 137 Å². The molecule has 1 aromatic heterocycles. The van der Waals surface area contributed by atoms with Crippen molar-refractivity contribution in [2.24, 2.45) is 0 Å². The molecule has 3 rings (SSSR count). The Balaban J connectivity index is 1.87. The molecule has 1 heterocycles. The van der Waals surface area contributed by atoms with Gasteiger partial charge in [-0.2, -0.15) is 0 Å². The van der Waals surface area contributed by atoms with Gasteiger partial charge in [0.15, 0.2) is 0 Å². The van der Waals surface area contributed by atoms with Crippen LogP contribution in [-0.2, 0) is 0 Å². The van der Waals surface area contributed by atoms with E-state index in [0.717, 1.165) is 11.3 Å². The molecule has 0 radical (unpaired) electrons. The van der Waals surface area contributed by atoms with E-state index in [1.807, 2.05) is 0 Å². The van der Waals surface area contributed by atoms with Gasteiger partial charge in [0.1, 0.15) is 5.82 Å². The second-order valence-electron chi connectivity index (χ2n) is 5.06. The normalized spacial score (nSPS) is 10.6. The minimum atomic E-state index is -0.309. The number of nitrogens with zero attached hydrogens (tertiary/aromatic N) is 3. The molecule has 0 fully saturated rings. The van der Waals surface area contributed by atoms with Crippen LogP contribution in [0.25, 0.3) is 16.9 Å². The molecule has 122 valence electrons. The lowest BCUT2D eigenvalue weighted by Crippen LogP contribution is -2.26. The molecule has 2 N–H and O–H groups in total. The fraction of sp³-hybridized carbons (Fsp3) is 0.118. The molecule has 0 saturated heterocycles. The average molecular weight is 326 g/mol. The van der Waals surface area contributed by atoms with Crippen molar-refractivity contribution in [3.63, 3.8) is 0 Å². The van der Waals surface area contributed by atoms with E-state index < -0.39 is 0 Å². The number of carbonyl (C=O) groups is 1. The summed E-state index contributed by atoms with van der Waals surface area (Å²) in [4.78, 5) is 11.8.